The molecule has 0 saturated carbocycles. The number of hydrogen-bond acceptors (Lipinski definition) is 6. The Morgan fingerprint density at radius 3 is 2.44 bits per heavy atom. The molecule has 2 unspecified atom stereocenters. The fourth-order valence-electron chi connectivity index (χ4n) is 3.82. The van der Waals surface area contributed by atoms with E-state index in [4.69, 9.17) is 4.74 Å². The largest absolute Gasteiger partial charge is 0.373 e. The number of nitro groups is 1. The molecule has 1 aliphatic heterocycles. The van der Waals surface area contributed by atoms with E-state index in [0.29, 0.717) is 6.54 Å². The highest BCUT2D eigenvalue weighted by molar-refractivity contribution is 5.96. The van der Waals surface area contributed by atoms with Gasteiger partial charge in [0.15, 0.2) is 0 Å². The van der Waals surface area contributed by atoms with E-state index in [1.807, 2.05) is 18.2 Å². The van der Waals surface area contributed by atoms with E-state index in [0.717, 1.165) is 30.8 Å². The molecule has 0 radical (unpaired) electrons. The number of rotatable bonds is 8. The number of amides is 2. The van der Waals surface area contributed by atoms with Crippen molar-refractivity contribution in [1.82, 2.24) is 15.5 Å². The van der Waals surface area contributed by atoms with E-state index >= 15 is 0 Å². The van der Waals surface area contributed by atoms with Crippen LogP contribution in [0.15, 0.2) is 48.5 Å². The lowest BCUT2D eigenvalue weighted by Gasteiger charge is -2.35. The van der Waals surface area contributed by atoms with Crippen LogP contribution < -0.4 is 10.6 Å². The monoisotopic (exact) mass is 440 g/mol. The van der Waals surface area contributed by atoms with Gasteiger partial charge in [-0.2, -0.15) is 0 Å². The summed E-state index contributed by atoms with van der Waals surface area (Å²) in [5, 5.41) is 16.2. The number of nitrogens with one attached hydrogen (secondary N) is 2. The maximum atomic E-state index is 12.3. The summed E-state index contributed by atoms with van der Waals surface area (Å²) in [6, 6.07) is 13.3. The average Bonchev–Trinajstić information content (AvgIpc) is 2.76. The Morgan fingerprint density at radius 1 is 1.06 bits per heavy atom. The van der Waals surface area contributed by atoms with Crippen LogP contribution in [-0.4, -0.2) is 53.5 Å². The summed E-state index contributed by atoms with van der Waals surface area (Å²) in [4.78, 5) is 37.1. The van der Waals surface area contributed by atoms with Gasteiger partial charge in [0.2, 0.25) is 5.91 Å². The number of non-ortho nitro benzene ring substituents is 1. The Bertz CT molecular complexity index is 970. The minimum Gasteiger partial charge on any atom is -0.373 e. The molecule has 32 heavy (non-hydrogen) atoms. The molecule has 0 spiro atoms. The molecule has 1 saturated heterocycles. The van der Waals surface area contributed by atoms with Gasteiger partial charge in [0, 0.05) is 43.9 Å². The zero-order chi connectivity index (χ0) is 23.1. The van der Waals surface area contributed by atoms with Crippen LogP contribution in [0.1, 0.15) is 35.3 Å². The molecule has 0 bridgehead atoms. The molecular weight excluding hydrogens is 412 g/mol. The summed E-state index contributed by atoms with van der Waals surface area (Å²) in [6.45, 7) is 6.74. The molecule has 9 heteroatoms. The lowest BCUT2D eigenvalue weighted by molar-refractivity contribution is -0.384. The second-order valence-corrected chi connectivity index (χ2v) is 7.99. The predicted molar refractivity (Wildman–Crippen MR) is 119 cm³/mol. The first-order valence-electron chi connectivity index (χ1n) is 10.6. The van der Waals surface area contributed by atoms with Crippen LogP contribution in [0.5, 0.6) is 0 Å². The van der Waals surface area contributed by atoms with Crippen LogP contribution in [0.2, 0.25) is 0 Å². The summed E-state index contributed by atoms with van der Waals surface area (Å²) in [5.41, 5.74) is 2.10. The number of hydrogen-bond donors (Lipinski definition) is 2. The van der Waals surface area contributed by atoms with Crippen molar-refractivity contribution in [1.29, 1.82) is 0 Å². The van der Waals surface area contributed by atoms with Crippen molar-refractivity contribution in [3.05, 3.63) is 75.3 Å². The molecule has 2 aromatic carbocycles. The molecule has 2 atom stereocenters. The van der Waals surface area contributed by atoms with Gasteiger partial charge in [-0.15, -0.1) is 0 Å². The number of nitro benzene ring substituents is 1. The van der Waals surface area contributed by atoms with Gasteiger partial charge in [-0.1, -0.05) is 30.3 Å². The Hall–Kier alpha value is -3.30. The van der Waals surface area contributed by atoms with E-state index in [-0.39, 0.29) is 35.9 Å². The van der Waals surface area contributed by atoms with Crippen LogP contribution >= 0.6 is 0 Å². The highest BCUT2D eigenvalue weighted by Gasteiger charge is 2.22. The van der Waals surface area contributed by atoms with E-state index in [1.165, 1.54) is 24.3 Å². The van der Waals surface area contributed by atoms with Gasteiger partial charge in [0.1, 0.15) is 0 Å². The van der Waals surface area contributed by atoms with Crippen LogP contribution in [0.25, 0.3) is 0 Å². The highest BCUT2D eigenvalue weighted by atomic mass is 16.6. The maximum absolute atomic E-state index is 12.3. The number of ether oxygens (including phenoxy) is 1. The lowest BCUT2D eigenvalue weighted by Crippen LogP contribution is -2.45. The maximum Gasteiger partial charge on any atom is 0.270 e. The quantitative estimate of drug-likeness (QED) is 0.481. The number of carbonyl (C=O) groups is 2. The van der Waals surface area contributed by atoms with E-state index in [9.17, 15) is 19.7 Å². The fraction of sp³-hybridized carbons (Fsp3) is 0.391. The van der Waals surface area contributed by atoms with Crippen molar-refractivity contribution < 1.29 is 19.2 Å². The van der Waals surface area contributed by atoms with Crippen molar-refractivity contribution in [2.45, 2.75) is 39.1 Å². The number of nitrogens with zero attached hydrogens (tertiary/aromatic N) is 2. The molecule has 2 amide bonds. The van der Waals surface area contributed by atoms with Gasteiger partial charge in [-0.25, -0.2) is 0 Å². The third-order valence-electron chi connectivity index (χ3n) is 5.21. The van der Waals surface area contributed by atoms with Gasteiger partial charge in [0.05, 0.1) is 23.7 Å². The van der Waals surface area contributed by atoms with Gasteiger partial charge in [-0.05, 0) is 31.0 Å². The van der Waals surface area contributed by atoms with E-state index in [1.54, 1.807) is 0 Å². The second kappa shape index (κ2) is 10.8. The Labute approximate surface area is 186 Å². The third-order valence-corrected chi connectivity index (χ3v) is 5.21. The lowest BCUT2D eigenvalue weighted by atomic mass is 10.1. The topological polar surface area (TPSA) is 114 Å². The predicted octanol–water partition coefficient (Wildman–Crippen LogP) is 2.25. The summed E-state index contributed by atoms with van der Waals surface area (Å²) in [6.07, 6.45) is 0.362. The molecule has 1 aliphatic rings. The number of morpholine rings is 1. The molecule has 0 aromatic heterocycles. The molecule has 0 aliphatic carbocycles. The van der Waals surface area contributed by atoms with E-state index in [2.05, 4.69) is 35.4 Å². The van der Waals surface area contributed by atoms with Gasteiger partial charge >= 0.3 is 0 Å². The van der Waals surface area contributed by atoms with Crippen LogP contribution in [0.4, 0.5) is 5.69 Å². The van der Waals surface area contributed by atoms with Crippen molar-refractivity contribution in [2.75, 3.05) is 19.6 Å². The van der Waals surface area contributed by atoms with Gasteiger partial charge in [0.25, 0.3) is 11.6 Å². The molecule has 1 heterocycles. The summed E-state index contributed by atoms with van der Waals surface area (Å²) < 4.78 is 5.79. The van der Waals surface area contributed by atoms with Gasteiger partial charge in [-0.3, -0.25) is 24.6 Å². The number of benzene rings is 2. The highest BCUT2D eigenvalue weighted by Crippen LogP contribution is 2.17. The van der Waals surface area contributed by atoms with Crippen molar-refractivity contribution in [3.63, 3.8) is 0 Å². The third kappa shape index (κ3) is 6.60. The first-order valence-corrected chi connectivity index (χ1v) is 10.6. The Morgan fingerprint density at radius 2 is 1.75 bits per heavy atom. The fourth-order valence-corrected chi connectivity index (χ4v) is 3.82. The minimum absolute atomic E-state index is 0.131. The standard InChI is InChI=1S/C23H28N4O5/c1-16-13-26(14-17(2)32-16)15-20-7-4-3-6-19(20)11-24-22(28)12-25-23(29)18-8-5-9-21(10-18)27(30)31/h3-10,16-17H,11-15H2,1-2H3,(H,24,28)(H,25,29). The van der Waals surface area contributed by atoms with Crippen molar-refractivity contribution in [3.8, 4) is 0 Å². The smallest absolute Gasteiger partial charge is 0.270 e. The zero-order valence-corrected chi connectivity index (χ0v) is 18.2. The molecule has 3 rings (SSSR count). The summed E-state index contributed by atoms with van der Waals surface area (Å²) in [5.74, 6) is -0.882. The first-order chi connectivity index (χ1) is 15.3. The van der Waals surface area contributed by atoms with Crippen LogP contribution in [-0.2, 0) is 22.6 Å². The summed E-state index contributed by atoms with van der Waals surface area (Å²) >= 11 is 0. The summed E-state index contributed by atoms with van der Waals surface area (Å²) in [7, 11) is 0. The SMILES string of the molecule is CC1CN(Cc2ccccc2CNC(=O)CNC(=O)c2cccc([N+](=O)[O-])c2)CC(C)O1. The molecular formula is C23H28N4O5. The van der Waals surface area contributed by atoms with Crippen molar-refractivity contribution in [2.24, 2.45) is 0 Å². The average molecular weight is 441 g/mol. The molecule has 170 valence electrons. The van der Waals surface area contributed by atoms with Crippen LogP contribution in [0.3, 0.4) is 0 Å². The normalized spacial score (nSPS) is 18.7. The molecule has 1 fully saturated rings. The van der Waals surface area contributed by atoms with E-state index < -0.39 is 10.8 Å². The Kier molecular flexibility index (Phi) is 7.91. The van der Waals surface area contributed by atoms with Gasteiger partial charge < -0.3 is 15.4 Å². The Balaban J connectivity index is 1.51. The number of carbonyl (C=O) groups excluding carboxylic acids is 2. The van der Waals surface area contributed by atoms with Crippen molar-refractivity contribution >= 4 is 17.5 Å². The molecule has 2 aromatic rings. The molecule has 2 N–H and O–H groups in total. The molecule has 9 nitrogen and oxygen atoms in total. The van der Waals surface area contributed by atoms with Crippen LogP contribution in [0, 0.1) is 10.1 Å². The minimum atomic E-state index is -0.570. The zero-order valence-electron chi connectivity index (χ0n) is 18.2. The first kappa shape index (κ1) is 23.4. The second-order valence-electron chi connectivity index (χ2n) is 7.99.